The Morgan fingerprint density at radius 3 is 2.96 bits per heavy atom. The monoisotopic (exact) mass is 348 g/mol. The summed E-state index contributed by atoms with van der Waals surface area (Å²) in [7, 11) is 0. The average Bonchev–Trinajstić information content (AvgIpc) is 2.98. The van der Waals surface area contributed by atoms with E-state index in [4.69, 9.17) is 11.6 Å². The van der Waals surface area contributed by atoms with Gasteiger partial charge in [0.05, 0.1) is 17.7 Å². The van der Waals surface area contributed by atoms with Gasteiger partial charge < -0.3 is 5.32 Å². The summed E-state index contributed by atoms with van der Waals surface area (Å²) < 4.78 is 1.90. The van der Waals surface area contributed by atoms with Crippen LogP contribution in [0.1, 0.15) is 34.5 Å². The summed E-state index contributed by atoms with van der Waals surface area (Å²) in [5.41, 5.74) is 2.21. The van der Waals surface area contributed by atoms with Gasteiger partial charge in [-0.1, -0.05) is 11.6 Å². The van der Waals surface area contributed by atoms with Gasteiger partial charge in [-0.05, 0) is 43.4 Å². The van der Waals surface area contributed by atoms with Crippen molar-refractivity contribution in [2.45, 2.75) is 32.2 Å². The fraction of sp³-hybridized carbons (Fsp3) is 0.375. The maximum Gasteiger partial charge on any atom is 0.282 e. The van der Waals surface area contributed by atoms with Gasteiger partial charge >= 0.3 is 0 Å². The number of nitrogens with one attached hydrogen (secondary N) is 1. The van der Waals surface area contributed by atoms with E-state index in [-0.39, 0.29) is 16.3 Å². The Bertz CT molecular complexity index is 788. The molecule has 1 aromatic carbocycles. The summed E-state index contributed by atoms with van der Waals surface area (Å²) in [6.07, 6.45) is 6.28. The summed E-state index contributed by atoms with van der Waals surface area (Å²) in [6, 6.07) is 3.94. The predicted octanol–water partition coefficient (Wildman–Crippen LogP) is 2.75. The lowest BCUT2D eigenvalue weighted by atomic mass is 9.98. The number of rotatable bonds is 5. The highest BCUT2D eigenvalue weighted by molar-refractivity contribution is 6.31. The Morgan fingerprint density at radius 1 is 1.38 bits per heavy atom. The van der Waals surface area contributed by atoms with E-state index in [2.05, 4.69) is 10.4 Å². The lowest BCUT2D eigenvalue weighted by Gasteiger charge is -2.14. The molecule has 1 heterocycles. The van der Waals surface area contributed by atoms with Crippen LogP contribution < -0.4 is 5.32 Å². The van der Waals surface area contributed by atoms with Crippen LogP contribution in [0.15, 0.2) is 24.4 Å². The third kappa shape index (κ3) is 3.41. The van der Waals surface area contributed by atoms with Gasteiger partial charge in [-0.15, -0.1) is 0 Å². The van der Waals surface area contributed by atoms with E-state index in [1.54, 1.807) is 0 Å². The minimum Gasteiger partial charge on any atom is -0.350 e. The summed E-state index contributed by atoms with van der Waals surface area (Å²) in [5.74, 6) is -0.509. The number of nitro groups is 1. The van der Waals surface area contributed by atoms with Gasteiger partial charge in [0.1, 0.15) is 5.56 Å². The van der Waals surface area contributed by atoms with Gasteiger partial charge in [0, 0.05) is 23.3 Å². The van der Waals surface area contributed by atoms with Gasteiger partial charge in [-0.3, -0.25) is 19.6 Å². The smallest absolute Gasteiger partial charge is 0.282 e. The molecule has 0 saturated heterocycles. The van der Waals surface area contributed by atoms with Crippen LogP contribution in [0.5, 0.6) is 0 Å². The number of carbonyl (C=O) groups is 1. The third-order valence-electron chi connectivity index (χ3n) is 4.15. The van der Waals surface area contributed by atoms with Gasteiger partial charge in [0.25, 0.3) is 11.6 Å². The predicted molar refractivity (Wildman–Crippen MR) is 89.3 cm³/mol. The minimum absolute atomic E-state index is 0.0324. The molecule has 8 heteroatoms. The number of halogens is 1. The van der Waals surface area contributed by atoms with E-state index >= 15 is 0 Å². The molecule has 1 aromatic heterocycles. The number of benzene rings is 1. The van der Waals surface area contributed by atoms with Gasteiger partial charge in [-0.25, -0.2) is 0 Å². The van der Waals surface area contributed by atoms with Crippen LogP contribution in [0.4, 0.5) is 5.69 Å². The fourth-order valence-electron chi connectivity index (χ4n) is 2.97. The van der Waals surface area contributed by atoms with Crippen molar-refractivity contribution in [3.8, 4) is 0 Å². The summed E-state index contributed by atoms with van der Waals surface area (Å²) >= 11 is 5.84. The average molecular weight is 349 g/mol. The molecule has 0 spiro atoms. The van der Waals surface area contributed by atoms with Crippen LogP contribution >= 0.6 is 11.6 Å². The number of hydrogen-bond donors (Lipinski definition) is 1. The van der Waals surface area contributed by atoms with E-state index in [1.165, 1.54) is 35.9 Å². The van der Waals surface area contributed by atoms with E-state index in [0.29, 0.717) is 13.1 Å². The zero-order valence-electron chi connectivity index (χ0n) is 13.0. The summed E-state index contributed by atoms with van der Waals surface area (Å²) in [6.45, 7) is 0.881. The molecular formula is C16H17ClN4O3. The van der Waals surface area contributed by atoms with Crippen LogP contribution in [0.2, 0.25) is 5.02 Å². The van der Waals surface area contributed by atoms with Crippen molar-refractivity contribution >= 4 is 23.2 Å². The molecule has 1 aliphatic carbocycles. The van der Waals surface area contributed by atoms with Crippen molar-refractivity contribution in [2.24, 2.45) is 0 Å². The van der Waals surface area contributed by atoms with Crippen LogP contribution in [0.3, 0.4) is 0 Å². The lowest BCUT2D eigenvalue weighted by Crippen LogP contribution is -2.28. The first-order valence-electron chi connectivity index (χ1n) is 7.82. The molecule has 1 aliphatic rings. The van der Waals surface area contributed by atoms with Crippen LogP contribution in [-0.4, -0.2) is 27.2 Å². The van der Waals surface area contributed by atoms with Crippen LogP contribution in [0.25, 0.3) is 0 Å². The maximum absolute atomic E-state index is 12.2. The fourth-order valence-corrected chi connectivity index (χ4v) is 3.14. The molecule has 7 nitrogen and oxygen atoms in total. The third-order valence-corrected chi connectivity index (χ3v) is 4.39. The number of hydrogen-bond acceptors (Lipinski definition) is 4. The van der Waals surface area contributed by atoms with Crippen molar-refractivity contribution in [3.05, 3.63) is 56.4 Å². The van der Waals surface area contributed by atoms with Gasteiger partial charge in [0.15, 0.2) is 0 Å². The molecule has 0 aliphatic heterocycles. The zero-order chi connectivity index (χ0) is 17.1. The van der Waals surface area contributed by atoms with E-state index in [1.807, 2.05) is 10.9 Å². The normalized spacial score (nSPS) is 13.4. The zero-order valence-corrected chi connectivity index (χ0v) is 13.8. The lowest BCUT2D eigenvalue weighted by molar-refractivity contribution is -0.385. The second kappa shape index (κ2) is 7.00. The Morgan fingerprint density at radius 2 is 2.17 bits per heavy atom. The standard InChI is InChI=1S/C16H17ClN4O3/c17-12-5-6-15(21(23)24)13(9-12)16(22)18-7-8-20-14-4-2-1-3-11(14)10-19-20/h5-6,9-10H,1-4,7-8H2,(H,18,22). The SMILES string of the molecule is O=C(NCCn1ncc2c1CCCC2)c1cc(Cl)ccc1[N+](=O)[O-]. The first-order chi connectivity index (χ1) is 11.6. The second-order valence-corrected chi connectivity index (χ2v) is 6.16. The van der Waals surface area contributed by atoms with Crippen molar-refractivity contribution in [2.75, 3.05) is 6.54 Å². The van der Waals surface area contributed by atoms with Crippen molar-refractivity contribution in [1.82, 2.24) is 15.1 Å². The number of nitrogens with zero attached hydrogens (tertiary/aromatic N) is 3. The molecule has 1 N–H and O–H groups in total. The summed E-state index contributed by atoms with van der Waals surface area (Å²) in [5, 5.41) is 18.4. The quantitative estimate of drug-likeness (QED) is 0.664. The Labute approximate surface area is 143 Å². The van der Waals surface area contributed by atoms with E-state index in [9.17, 15) is 14.9 Å². The molecule has 1 amide bonds. The number of nitro benzene ring substituents is 1. The molecule has 0 radical (unpaired) electrons. The summed E-state index contributed by atoms with van der Waals surface area (Å²) in [4.78, 5) is 22.7. The Hall–Kier alpha value is -2.41. The minimum atomic E-state index is -0.588. The molecule has 0 atom stereocenters. The molecule has 0 unspecified atom stereocenters. The first kappa shape index (κ1) is 16.4. The highest BCUT2D eigenvalue weighted by Crippen LogP contribution is 2.23. The highest BCUT2D eigenvalue weighted by Gasteiger charge is 2.20. The van der Waals surface area contributed by atoms with Crippen molar-refractivity contribution in [3.63, 3.8) is 0 Å². The molecule has 0 fully saturated rings. The molecular weight excluding hydrogens is 332 g/mol. The van der Waals surface area contributed by atoms with E-state index < -0.39 is 10.8 Å². The maximum atomic E-state index is 12.2. The highest BCUT2D eigenvalue weighted by atomic mass is 35.5. The number of carbonyl (C=O) groups excluding carboxylic acids is 1. The molecule has 0 bridgehead atoms. The largest absolute Gasteiger partial charge is 0.350 e. The number of aromatic nitrogens is 2. The first-order valence-corrected chi connectivity index (χ1v) is 8.20. The Kier molecular flexibility index (Phi) is 4.80. The molecule has 126 valence electrons. The molecule has 3 rings (SSSR count). The topological polar surface area (TPSA) is 90.1 Å². The van der Waals surface area contributed by atoms with Crippen LogP contribution in [-0.2, 0) is 19.4 Å². The van der Waals surface area contributed by atoms with Crippen molar-refractivity contribution < 1.29 is 9.72 Å². The molecule has 24 heavy (non-hydrogen) atoms. The van der Waals surface area contributed by atoms with Crippen LogP contribution in [0, 0.1) is 10.1 Å². The Balaban J connectivity index is 1.65. The van der Waals surface area contributed by atoms with Gasteiger partial charge in [0.2, 0.25) is 0 Å². The molecule has 2 aromatic rings. The molecule has 0 saturated carbocycles. The van der Waals surface area contributed by atoms with E-state index in [0.717, 1.165) is 19.3 Å². The number of aryl methyl sites for hydroxylation is 1. The number of fused-ring (bicyclic) bond motifs is 1. The second-order valence-electron chi connectivity index (χ2n) is 5.72. The van der Waals surface area contributed by atoms with Crippen molar-refractivity contribution in [1.29, 1.82) is 0 Å². The number of amides is 1. The van der Waals surface area contributed by atoms with Gasteiger partial charge in [-0.2, -0.15) is 5.10 Å².